The lowest BCUT2D eigenvalue weighted by Gasteiger charge is -2.05. The monoisotopic (exact) mass is 310 g/mol. The molecule has 0 aliphatic carbocycles. The van der Waals surface area contributed by atoms with Crippen molar-refractivity contribution >= 4 is 27.5 Å². The molecule has 2 N–H and O–H groups in total. The number of aromatic hydroxyl groups is 1. The highest BCUT2D eigenvalue weighted by atomic mass is 79.9. The molecule has 0 radical (unpaired) electrons. The molecule has 0 aliphatic rings. The number of halogens is 2. The van der Waals surface area contributed by atoms with Crippen LogP contribution in [0.15, 0.2) is 41.1 Å². The normalized spacial score (nSPS) is 10.1. The zero-order valence-corrected chi connectivity index (χ0v) is 10.6. The maximum atomic E-state index is 13.1. The first-order chi connectivity index (χ1) is 8.56. The quantitative estimate of drug-likeness (QED) is 0.838. The molecule has 2 rings (SSSR count). The fourth-order valence-electron chi connectivity index (χ4n) is 1.32. The zero-order valence-electron chi connectivity index (χ0n) is 9.02. The first-order valence-electron chi connectivity index (χ1n) is 4.96. The van der Waals surface area contributed by atoms with E-state index in [9.17, 15) is 9.18 Å². The van der Waals surface area contributed by atoms with E-state index in [0.717, 1.165) is 6.07 Å². The Morgan fingerprint density at radius 2 is 2.11 bits per heavy atom. The van der Waals surface area contributed by atoms with Crippen LogP contribution in [0.3, 0.4) is 0 Å². The highest BCUT2D eigenvalue weighted by Gasteiger charge is 2.08. The second kappa shape index (κ2) is 5.14. The molecule has 1 heterocycles. The van der Waals surface area contributed by atoms with Gasteiger partial charge in [0.25, 0.3) is 5.91 Å². The van der Waals surface area contributed by atoms with E-state index in [1.165, 1.54) is 18.3 Å². The average molecular weight is 311 g/mol. The fourth-order valence-corrected chi connectivity index (χ4v) is 1.69. The number of hydrogen-bond acceptors (Lipinski definition) is 3. The van der Waals surface area contributed by atoms with E-state index in [0.29, 0.717) is 10.0 Å². The molecule has 92 valence electrons. The smallest absolute Gasteiger partial charge is 0.257 e. The number of carbonyl (C=O) groups is 1. The van der Waals surface area contributed by atoms with Gasteiger partial charge in [0.2, 0.25) is 0 Å². The van der Waals surface area contributed by atoms with Crippen LogP contribution in [0.4, 0.5) is 10.1 Å². The molecule has 0 fully saturated rings. The van der Waals surface area contributed by atoms with Gasteiger partial charge in [0.1, 0.15) is 0 Å². The van der Waals surface area contributed by atoms with Crippen LogP contribution in [0.2, 0.25) is 0 Å². The molecule has 0 unspecified atom stereocenters. The van der Waals surface area contributed by atoms with Crippen molar-refractivity contribution in [3.05, 3.63) is 52.5 Å². The summed E-state index contributed by atoms with van der Waals surface area (Å²) in [7, 11) is 0. The number of anilines is 1. The lowest BCUT2D eigenvalue weighted by atomic mass is 10.2. The third kappa shape index (κ3) is 2.84. The Morgan fingerprint density at radius 1 is 1.33 bits per heavy atom. The zero-order chi connectivity index (χ0) is 13.1. The van der Waals surface area contributed by atoms with E-state index in [2.05, 4.69) is 26.2 Å². The Morgan fingerprint density at radius 3 is 2.78 bits per heavy atom. The Labute approximate surface area is 111 Å². The van der Waals surface area contributed by atoms with Gasteiger partial charge in [-0.15, -0.1) is 0 Å². The first kappa shape index (κ1) is 12.5. The molecule has 0 spiro atoms. The Bertz CT molecular complexity index is 604. The van der Waals surface area contributed by atoms with Crippen molar-refractivity contribution in [1.29, 1.82) is 0 Å². The summed E-state index contributed by atoms with van der Waals surface area (Å²) in [5.74, 6) is -1.66. The van der Waals surface area contributed by atoms with E-state index in [4.69, 9.17) is 5.11 Å². The van der Waals surface area contributed by atoms with Crippen LogP contribution >= 0.6 is 15.9 Å². The van der Waals surface area contributed by atoms with Crippen LogP contribution in [-0.2, 0) is 0 Å². The number of rotatable bonds is 2. The van der Waals surface area contributed by atoms with Crippen molar-refractivity contribution in [1.82, 2.24) is 4.98 Å². The minimum Gasteiger partial charge on any atom is -0.505 e. The molecule has 0 bridgehead atoms. The Balaban J connectivity index is 2.18. The predicted molar refractivity (Wildman–Crippen MR) is 68.0 cm³/mol. The summed E-state index contributed by atoms with van der Waals surface area (Å²) in [6.07, 6.45) is 2.95. The van der Waals surface area contributed by atoms with E-state index in [1.54, 1.807) is 12.3 Å². The van der Waals surface area contributed by atoms with Crippen molar-refractivity contribution in [2.75, 3.05) is 5.32 Å². The van der Waals surface area contributed by atoms with E-state index in [-0.39, 0.29) is 5.69 Å². The molecule has 0 saturated heterocycles. The lowest BCUT2D eigenvalue weighted by Crippen LogP contribution is -2.12. The van der Waals surface area contributed by atoms with Crippen molar-refractivity contribution in [2.24, 2.45) is 0 Å². The highest BCUT2D eigenvalue weighted by molar-refractivity contribution is 9.10. The summed E-state index contributed by atoms with van der Waals surface area (Å²) in [6, 6.07) is 5.21. The van der Waals surface area contributed by atoms with Gasteiger partial charge in [-0.1, -0.05) is 0 Å². The second-order valence-electron chi connectivity index (χ2n) is 3.51. The standard InChI is InChI=1S/C12H8BrFN2O2/c13-8-3-7(5-15-6-8)12(18)16-9-1-2-11(17)10(14)4-9/h1-6,17H,(H,16,18). The number of pyridine rings is 1. The average Bonchev–Trinajstić information content (AvgIpc) is 2.34. The van der Waals surface area contributed by atoms with Crippen molar-refractivity contribution in [3.8, 4) is 5.75 Å². The van der Waals surface area contributed by atoms with E-state index >= 15 is 0 Å². The third-order valence-electron chi connectivity index (χ3n) is 2.17. The molecule has 4 nitrogen and oxygen atoms in total. The number of hydrogen-bond donors (Lipinski definition) is 2. The van der Waals surface area contributed by atoms with Gasteiger partial charge in [-0.25, -0.2) is 4.39 Å². The van der Waals surface area contributed by atoms with Crippen molar-refractivity contribution < 1.29 is 14.3 Å². The Kier molecular flexibility index (Phi) is 3.57. The molecule has 6 heteroatoms. The van der Waals surface area contributed by atoms with Gasteiger partial charge in [0.15, 0.2) is 11.6 Å². The number of nitrogens with zero attached hydrogens (tertiary/aromatic N) is 1. The number of benzene rings is 1. The molecular weight excluding hydrogens is 303 g/mol. The summed E-state index contributed by atoms with van der Waals surface area (Å²) >= 11 is 3.20. The predicted octanol–water partition coefficient (Wildman–Crippen LogP) is 2.94. The summed E-state index contributed by atoms with van der Waals surface area (Å²) in [6.45, 7) is 0. The minimum atomic E-state index is -0.792. The van der Waals surface area contributed by atoms with Gasteiger partial charge in [-0.05, 0) is 34.1 Å². The van der Waals surface area contributed by atoms with Crippen LogP contribution in [0.1, 0.15) is 10.4 Å². The van der Waals surface area contributed by atoms with Gasteiger partial charge in [-0.3, -0.25) is 9.78 Å². The van der Waals surface area contributed by atoms with Gasteiger partial charge in [-0.2, -0.15) is 0 Å². The van der Waals surface area contributed by atoms with Gasteiger partial charge < -0.3 is 10.4 Å². The maximum Gasteiger partial charge on any atom is 0.257 e. The number of phenols is 1. The number of amides is 1. The van der Waals surface area contributed by atoms with E-state index in [1.807, 2.05) is 0 Å². The summed E-state index contributed by atoms with van der Waals surface area (Å²) in [5, 5.41) is 11.5. The molecular formula is C12H8BrFN2O2. The van der Waals surface area contributed by atoms with Gasteiger partial charge >= 0.3 is 0 Å². The SMILES string of the molecule is O=C(Nc1ccc(O)c(F)c1)c1cncc(Br)c1. The third-order valence-corrected chi connectivity index (χ3v) is 2.61. The Hall–Kier alpha value is -1.95. The lowest BCUT2D eigenvalue weighted by molar-refractivity contribution is 0.102. The van der Waals surface area contributed by atoms with Crippen LogP contribution in [0, 0.1) is 5.82 Å². The number of aromatic nitrogens is 1. The number of phenolic OH excluding ortho intramolecular Hbond substituents is 1. The molecule has 1 aromatic carbocycles. The molecule has 0 saturated carbocycles. The molecule has 0 aliphatic heterocycles. The largest absolute Gasteiger partial charge is 0.505 e. The minimum absolute atomic E-state index is 0.260. The van der Waals surface area contributed by atoms with Crippen LogP contribution < -0.4 is 5.32 Å². The molecule has 18 heavy (non-hydrogen) atoms. The first-order valence-corrected chi connectivity index (χ1v) is 5.76. The van der Waals surface area contributed by atoms with Crippen LogP contribution in [0.25, 0.3) is 0 Å². The molecule has 0 atom stereocenters. The van der Waals surface area contributed by atoms with Crippen molar-refractivity contribution in [3.63, 3.8) is 0 Å². The summed E-state index contributed by atoms with van der Waals surface area (Å²) in [5.41, 5.74) is 0.605. The van der Waals surface area contributed by atoms with Gasteiger partial charge in [0.05, 0.1) is 5.56 Å². The number of nitrogens with one attached hydrogen (secondary N) is 1. The summed E-state index contributed by atoms with van der Waals surface area (Å²) in [4.78, 5) is 15.7. The highest BCUT2D eigenvalue weighted by Crippen LogP contribution is 2.20. The molecule has 1 amide bonds. The molecule has 2 aromatic rings. The summed E-state index contributed by atoms with van der Waals surface area (Å²) < 4.78 is 13.7. The fraction of sp³-hybridized carbons (Fsp3) is 0. The van der Waals surface area contributed by atoms with E-state index < -0.39 is 17.5 Å². The van der Waals surface area contributed by atoms with Crippen molar-refractivity contribution in [2.45, 2.75) is 0 Å². The van der Waals surface area contributed by atoms with Crippen LogP contribution in [-0.4, -0.2) is 16.0 Å². The topological polar surface area (TPSA) is 62.2 Å². The maximum absolute atomic E-state index is 13.1. The number of carbonyl (C=O) groups excluding carboxylic acids is 1. The van der Waals surface area contributed by atoms with Gasteiger partial charge in [0, 0.05) is 28.6 Å². The van der Waals surface area contributed by atoms with Crippen LogP contribution in [0.5, 0.6) is 5.75 Å². The molecule has 1 aromatic heterocycles. The second-order valence-corrected chi connectivity index (χ2v) is 4.43.